The van der Waals surface area contributed by atoms with Crippen molar-refractivity contribution in [3.8, 4) is 0 Å². The average Bonchev–Trinajstić information content (AvgIpc) is 2.95. The molecule has 0 aliphatic rings. The van der Waals surface area contributed by atoms with Crippen LogP contribution in [0.5, 0.6) is 0 Å². The second kappa shape index (κ2) is 8.84. The van der Waals surface area contributed by atoms with Gasteiger partial charge in [-0.05, 0) is 46.0 Å². The zero-order valence-electron chi connectivity index (χ0n) is 15.2. The first-order valence-electron chi connectivity index (χ1n) is 8.36. The molecule has 1 aromatic carbocycles. The molecule has 2 amide bonds. The summed E-state index contributed by atoms with van der Waals surface area (Å²) in [6.07, 6.45) is -0.529. The molecule has 0 atom stereocenters. The largest absolute Gasteiger partial charge is 0.449 e. The molecule has 3 N–H and O–H groups in total. The number of benzene rings is 1. The third-order valence-electron chi connectivity index (χ3n) is 3.44. The van der Waals surface area contributed by atoms with Gasteiger partial charge in [-0.1, -0.05) is 33.8 Å². The summed E-state index contributed by atoms with van der Waals surface area (Å²) in [5, 5.41) is 12.3. The van der Waals surface area contributed by atoms with E-state index >= 15 is 0 Å². The van der Waals surface area contributed by atoms with Crippen LogP contribution in [0.4, 0.5) is 16.2 Å². The van der Waals surface area contributed by atoms with Gasteiger partial charge in [0.15, 0.2) is 5.69 Å². The SMILES string of the molecule is CC(C)COC(=O)Nc1cccc(NC(=O)c2n[nH]c(C(C)C)c2Br)c1. The van der Waals surface area contributed by atoms with Crippen molar-refractivity contribution >= 4 is 39.3 Å². The van der Waals surface area contributed by atoms with E-state index in [2.05, 4.69) is 36.8 Å². The summed E-state index contributed by atoms with van der Waals surface area (Å²) < 4.78 is 5.73. The number of nitrogens with zero attached hydrogens (tertiary/aromatic N) is 1. The fourth-order valence-corrected chi connectivity index (χ4v) is 2.95. The summed E-state index contributed by atoms with van der Waals surface area (Å²) in [7, 11) is 0. The van der Waals surface area contributed by atoms with Crippen LogP contribution in [0, 0.1) is 5.92 Å². The lowest BCUT2D eigenvalue weighted by Crippen LogP contribution is -2.17. The van der Waals surface area contributed by atoms with Gasteiger partial charge in [-0.25, -0.2) is 4.79 Å². The molecule has 7 nitrogen and oxygen atoms in total. The summed E-state index contributed by atoms with van der Waals surface area (Å²) in [5.41, 5.74) is 2.21. The van der Waals surface area contributed by atoms with Gasteiger partial charge in [0.1, 0.15) is 0 Å². The van der Waals surface area contributed by atoms with Gasteiger partial charge in [-0.2, -0.15) is 5.10 Å². The summed E-state index contributed by atoms with van der Waals surface area (Å²) in [6, 6.07) is 6.82. The second-order valence-electron chi connectivity index (χ2n) is 6.61. The molecule has 1 aromatic heterocycles. The Morgan fingerprint density at radius 1 is 1.19 bits per heavy atom. The Labute approximate surface area is 161 Å². The molecule has 0 unspecified atom stereocenters. The van der Waals surface area contributed by atoms with Crippen LogP contribution in [0.15, 0.2) is 28.7 Å². The van der Waals surface area contributed by atoms with Crippen molar-refractivity contribution in [2.75, 3.05) is 17.2 Å². The van der Waals surface area contributed by atoms with Gasteiger partial charge in [-0.3, -0.25) is 15.2 Å². The number of hydrogen-bond acceptors (Lipinski definition) is 4. The van der Waals surface area contributed by atoms with E-state index < -0.39 is 6.09 Å². The first kappa shape index (κ1) is 20.0. The number of ether oxygens (including phenoxy) is 1. The first-order chi connectivity index (χ1) is 12.3. The Morgan fingerprint density at radius 3 is 2.42 bits per heavy atom. The number of halogens is 1. The predicted octanol–water partition coefficient (Wildman–Crippen LogP) is 4.75. The summed E-state index contributed by atoms with van der Waals surface area (Å²) in [4.78, 5) is 24.2. The molecule has 0 saturated carbocycles. The smallest absolute Gasteiger partial charge is 0.411 e. The van der Waals surface area contributed by atoms with Crippen molar-refractivity contribution < 1.29 is 14.3 Å². The molecule has 8 heteroatoms. The van der Waals surface area contributed by atoms with Gasteiger partial charge < -0.3 is 10.1 Å². The van der Waals surface area contributed by atoms with E-state index in [1.807, 2.05) is 27.7 Å². The molecule has 26 heavy (non-hydrogen) atoms. The Balaban J connectivity index is 2.04. The molecular formula is C18H23BrN4O3. The number of H-pyrrole nitrogens is 1. The Hall–Kier alpha value is -2.35. The quantitative estimate of drug-likeness (QED) is 0.625. The van der Waals surface area contributed by atoms with E-state index in [-0.39, 0.29) is 23.4 Å². The summed E-state index contributed by atoms with van der Waals surface area (Å²) in [5.74, 6) is 0.122. The Morgan fingerprint density at radius 2 is 1.85 bits per heavy atom. The topological polar surface area (TPSA) is 96.1 Å². The highest BCUT2D eigenvalue weighted by Gasteiger charge is 2.19. The summed E-state index contributed by atoms with van der Waals surface area (Å²) >= 11 is 3.41. The van der Waals surface area contributed by atoms with Crippen LogP contribution in [0.25, 0.3) is 0 Å². The minimum absolute atomic E-state index is 0.211. The third-order valence-corrected chi connectivity index (χ3v) is 4.24. The van der Waals surface area contributed by atoms with Crippen molar-refractivity contribution in [3.05, 3.63) is 40.1 Å². The van der Waals surface area contributed by atoms with Crippen LogP contribution in [0.1, 0.15) is 49.8 Å². The maximum atomic E-state index is 12.4. The van der Waals surface area contributed by atoms with Crippen molar-refractivity contribution in [2.24, 2.45) is 5.92 Å². The Bertz CT molecular complexity index is 786. The second-order valence-corrected chi connectivity index (χ2v) is 7.40. The van der Waals surface area contributed by atoms with E-state index in [0.29, 0.717) is 22.5 Å². The van der Waals surface area contributed by atoms with E-state index in [1.165, 1.54) is 0 Å². The lowest BCUT2D eigenvalue weighted by molar-refractivity contribution is 0.102. The normalized spacial score (nSPS) is 10.9. The monoisotopic (exact) mass is 422 g/mol. The average molecular weight is 423 g/mol. The fourth-order valence-electron chi connectivity index (χ4n) is 2.14. The lowest BCUT2D eigenvalue weighted by Gasteiger charge is -2.10. The van der Waals surface area contributed by atoms with Gasteiger partial charge in [0.25, 0.3) is 5.91 Å². The Kier molecular flexibility index (Phi) is 6.79. The predicted molar refractivity (Wildman–Crippen MR) is 105 cm³/mol. The molecule has 0 spiro atoms. The maximum absolute atomic E-state index is 12.4. The van der Waals surface area contributed by atoms with Crippen molar-refractivity contribution in [1.82, 2.24) is 10.2 Å². The lowest BCUT2D eigenvalue weighted by atomic mass is 10.1. The van der Waals surface area contributed by atoms with E-state index in [0.717, 1.165) is 5.69 Å². The number of nitrogens with one attached hydrogen (secondary N) is 3. The van der Waals surface area contributed by atoms with Crippen molar-refractivity contribution in [1.29, 1.82) is 0 Å². The number of carbonyl (C=O) groups is 2. The van der Waals surface area contributed by atoms with Crippen molar-refractivity contribution in [3.63, 3.8) is 0 Å². The van der Waals surface area contributed by atoms with E-state index in [1.54, 1.807) is 24.3 Å². The van der Waals surface area contributed by atoms with E-state index in [4.69, 9.17) is 4.74 Å². The van der Waals surface area contributed by atoms with E-state index in [9.17, 15) is 9.59 Å². The minimum Gasteiger partial charge on any atom is -0.449 e. The number of carbonyl (C=O) groups excluding carboxylic acids is 2. The van der Waals surface area contributed by atoms with Gasteiger partial charge in [0.05, 0.1) is 16.8 Å². The van der Waals surface area contributed by atoms with Crippen LogP contribution in [0.2, 0.25) is 0 Å². The number of aromatic nitrogens is 2. The molecule has 0 saturated heterocycles. The minimum atomic E-state index is -0.529. The zero-order valence-corrected chi connectivity index (χ0v) is 16.8. The number of amides is 2. The third kappa shape index (κ3) is 5.32. The molecule has 0 aliphatic heterocycles. The molecular weight excluding hydrogens is 400 g/mol. The molecule has 0 bridgehead atoms. The maximum Gasteiger partial charge on any atom is 0.411 e. The van der Waals surface area contributed by atoms with Crippen LogP contribution in [0.3, 0.4) is 0 Å². The van der Waals surface area contributed by atoms with Gasteiger partial charge >= 0.3 is 6.09 Å². The highest BCUT2D eigenvalue weighted by atomic mass is 79.9. The van der Waals surface area contributed by atoms with Crippen LogP contribution >= 0.6 is 15.9 Å². The molecule has 0 radical (unpaired) electrons. The number of anilines is 2. The fraction of sp³-hybridized carbons (Fsp3) is 0.389. The highest BCUT2D eigenvalue weighted by Crippen LogP contribution is 2.26. The molecule has 1 heterocycles. The van der Waals surface area contributed by atoms with Gasteiger partial charge in [0.2, 0.25) is 0 Å². The number of hydrogen-bond donors (Lipinski definition) is 3. The molecule has 0 fully saturated rings. The van der Waals surface area contributed by atoms with Gasteiger partial charge in [-0.15, -0.1) is 0 Å². The van der Waals surface area contributed by atoms with Crippen LogP contribution in [-0.4, -0.2) is 28.8 Å². The number of rotatable bonds is 6. The first-order valence-corrected chi connectivity index (χ1v) is 9.16. The zero-order chi connectivity index (χ0) is 19.3. The molecule has 2 aromatic rings. The van der Waals surface area contributed by atoms with Crippen LogP contribution in [-0.2, 0) is 4.74 Å². The van der Waals surface area contributed by atoms with Crippen molar-refractivity contribution in [2.45, 2.75) is 33.6 Å². The number of aromatic amines is 1. The molecule has 2 rings (SSSR count). The standard InChI is InChI=1S/C18H23BrN4O3/c1-10(2)9-26-18(25)21-13-7-5-6-12(8-13)20-17(24)16-14(19)15(11(3)4)22-23-16/h5-8,10-11H,9H2,1-4H3,(H,20,24)(H,21,25)(H,22,23). The van der Waals surface area contributed by atoms with Crippen LogP contribution < -0.4 is 10.6 Å². The highest BCUT2D eigenvalue weighted by molar-refractivity contribution is 9.10. The summed E-state index contributed by atoms with van der Waals surface area (Å²) in [6.45, 7) is 8.27. The van der Waals surface area contributed by atoms with Gasteiger partial charge in [0, 0.05) is 11.4 Å². The molecule has 0 aliphatic carbocycles. The molecule has 140 valence electrons.